The topological polar surface area (TPSA) is 37.4 Å². The monoisotopic (exact) mass is 441 g/mol. The third-order valence-electron chi connectivity index (χ3n) is 7.84. The summed E-state index contributed by atoms with van der Waals surface area (Å²) in [5, 5.41) is 0.425. The summed E-state index contributed by atoms with van der Waals surface area (Å²) in [5.41, 5.74) is 6.58. The van der Waals surface area contributed by atoms with Crippen LogP contribution in [-0.2, 0) is 9.59 Å². The lowest BCUT2D eigenvalue weighted by atomic mass is 9.54. The Morgan fingerprint density at radius 1 is 0.812 bits per heavy atom. The Labute approximate surface area is 193 Å². The van der Waals surface area contributed by atoms with E-state index in [4.69, 9.17) is 11.6 Å². The quantitative estimate of drug-likeness (QED) is 0.450. The normalized spacial score (nSPS) is 26.0. The van der Waals surface area contributed by atoms with E-state index in [-0.39, 0.29) is 29.6 Å². The second-order valence-electron chi connectivity index (χ2n) is 9.30. The molecule has 2 bridgehead atoms. The number of para-hydroxylation sites is 1. The van der Waals surface area contributed by atoms with Crippen molar-refractivity contribution >= 4 is 29.1 Å². The van der Waals surface area contributed by atoms with Gasteiger partial charge in [-0.05, 0) is 52.3 Å². The summed E-state index contributed by atoms with van der Waals surface area (Å²) in [4.78, 5) is 29.0. The molecule has 3 nitrogen and oxygen atoms in total. The molecule has 4 heteroatoms. The van der Waals surface area contributed by atoms with Gasteiger partial charge in [0.15, 0.2) is 0 Å². The second-order valence-corrected chi connectivity index (χ2v) is 9.70. The van der Waals surface area contributed by atoms with E-state index in [1.807, 2.05) is 24.3 Å². The fraction of sp³-hybridized carbons (Fsp3) is 0.286. The highest BCUT2D eigenvalue weighted by Gasteiger charge is 2.62. The highest BCUT2D eigenvalue weighted by Crippen LogP contribution is 2.61. The van der Waals surface area contributed by atoms with Crippen molar-refractivity contribution in [3.8, 4) is 0 Å². The highest BCUT2D eigenvalue weighted by atomic mass is 35.5. The first-order valence-corrected chi connectivity index (χ1v) is 11.8. The number of benzene rings is 3. The lowest BCUT2D eigenvalue weighted by molar-refractivity contribution is -0.122. The number of carbonyl (C=O) groups excluding carboxylic acids is 2. The van der Waals surface area contributed by atoms with Gasteiger partial charge in [-0.1, -0.05) is 80.0 Å². The van der Waals surface area contributed by atoms with Crippen LogP contribution < -0.4 is 4.90 Å². The number of hydrogen-bond donors (Lipinski definition) is 0. The Kier molecular flexibility index (Phi) is 4.35. The molecule has 0 saturated carbocycles. The van der Waals surface area contributed by atoms with E-state index >= 15 is 0 Å². The summed E-state index contributed by atoms with van der Waals surface area (Å²) in [5.74, 6) is -0.798. The summed E-state index contributed by atoms with van der Waals surface area (Å²) in [6, 6.07) is 22.2. The van der Waals surface area contributed by atoms with E-state index < -0.39 is 5.92 Å². The SMILES string of the molecule is CC[C@@H](C)c1ccc2c(c1)[C@@H]1c3ccccc3[C@@H]2[C@@H]2C(=O)N(c3ccccc3Cl)C(=O)[C@H]12. The number of halogens is 1. The number of anilines is 1. The second kappa shape index (κ2) is 7.05. The van der Waals surface area contributed by atoms with Gasteiger partial charge >= 0.3 is 0 Å². The molecule has 32 heavy (non-hydrogen) atoms. The molecule has 0 N–H and O–H groups in total. The molecular weight excluding hydrogens is 418 g/mol. The predicted molar refractivity (Wildman–Crippen MR) is 126 cm³/mol. The van der Waals surface area contributed by atoms with Crippen LogP contribution in [0, 0.1) is 11.8 Å². The summed E-state index contributed by atoms with van der Waals surface area (Å²) >= 11 is 6.42. The summed E-state index contributed by atoms with van der Waals surface area (Å²) in [6.45, 7) is 4.44. The molecule has 4 aliphatic rings. The molecule has 1 saturated heterocycles. The average Bonchev–Trinajstić information content (AvgIpc) is 3.09. The summed E-state index contributed by atoms with van der Waals surface area (Å²) in [6.07, 6.45) is 1.06. The van der Waals surface area contributed by atoms with Gasteiger partial charge in [-0.25, -0.2) is 4.90 Å². The Morgan fingerprint density at radius 2 is 1.38 bits per heavy atom. The maximum absolute atomic E-state index is 13.8. The Morgan fingerprint density at radius 3 is 2.00 bits per heavy atom. The fourth-order valence-corrected chi connectivity index (χ4v) is 6.38. The molecule has 3 aromatic carbocycles. The zero-order valence-corrected chi connectivity index (χ0v) is 18.8. The van der Waals surface area contributed by atoms with Gasteiger partial charge < -0.3 is 0 Å². The van der Waals surface area contributed by atoms with Crippen molar-refractivity contribution in [3.05, 3.63) is 99.6 Å². The molecule has 7 rings (SSSR count). The van der Waals surface area contributed by atoms with Gasteiger partial charge in [0.1, 0.15) is 0 Å². The zero-order chi connectivity index (χ0) is 22.1. The van der Waals surface area contributed by atoms with Crippen LogP contribution >= 0.6 is 11.6 Å². The molecule has 160 valence electrons. The Hall–Kier alpha value is -2.91. The minimum absolute atomic E-state index is 0.105. The lowest BCUT2D eigenvalue weighted by Gasteiger charge is -2.46. The average molecular weight is 442 g/mol. The van der Waals surface area contributed by atoms with E-state index in [1.54, 1.807) is 12.1 Å². The van der Waals surface area contributed by atoms with Crippen LogP contribution in [0.1, 0.15) is 65.8 Å². The van der Waals surface area contributed by atoms with E-state index in [2.05, 4.69) is 44.2 Å². The third-order valence-corrected chi connectivity index (χ3v) is 8.16. The van der Waals surface area contributed by atoms with Crippen LogP contribution in [0.25, 0.3) is 0 Å². The number of rotatable bonds is 3. The van der Waals surface area contributed by atoms with Crippen LogP contribution in [0.2, 0.25) is 5.02 Å². The number of imide groups is 1. The first-order chi connectivity index (χ1) is 15.5. The largest absolute Gasteiger partial charge is 0.274 e. The van der Waals surface area contributed by atoms with Crippen LogP contribution in [0.5, 0.6) is 0 Å². The van der Waals surface area contributed by atoms with Gasteiger partial charge in [0, 0.05) is 11.8 Å². The van der Waals surface area contributed by atoms with Gasteiger partial charge in [-0.2, -0.15) is 0 Å². The molecule has 1 fully saturated rings. The Balaban J connectivity index is 1.56. The zero-order valence-electron chi connectivity index (χ0n) is 18.1. The minimum Gasteiger partial charge on any atom is -0.274 e. The number of amides is 2. The number of carbonyl (C=O) groups is 2. The van der Waals surface area contributed by atoms with Crippen LogP contribution in [0.3, 0.4) is 0 Å². The highest BCUT2D eigenvalue weighted by molar-refractivity contribution is 6.36. The lowest BCUT2D eigenvalue weighted by Crippen LogP contribution is -2.41. The standard InChI is InChI=1S/C28H24ClNO2/c1-3-15(2)16-12-13-19-20(14-16)24-18-9-5-4-8-17(18)23(19)25-26(24)28(32)30(27(25)31)22-11-7-6-10-21(22)29/h4-15,23-26H,3H2,1-2H3/t15-,23+,24+,25+,26-/m1/s1. The van der Waals surface area contributed by atoms with Crippen molar-refractivity contribution in [2.24, 2.45) is 11.8 Å². The van der Waals surface area contributed by atoms with Crippen molar-refractivity contribution in [1.82, 2.24) is 0 Å². The molecule has 0 unspecified atom stereocenters. The molecule has 0 aromatic heterocycles. The van der Waals surface area contributed by atoms with Gasteiger partial charge in [0.2, 0.25) is 11.8 Å². The van der Waals surface area contributed by atoms with E-state index in [0.29, 0.717) is 16.6 Å². The van der Waals surface area contributed by atoms with Gasteiger partial charge in [0.25, 0.3) is 0 Å². The van der Waals surface area contributed by atoms with Crippen molar-refractivity contribution in [2.75, 3.05) is 4.90 Å². The first-order valence-electron chi connectivity index (χ1n) is 11.4. The van der Waals surface area contributed by atoms with Crippen molar-refractivity contribution in [1.29, 1.82) is 0 Å². The number of nitrogens with zero attached hydrogens (tertiary/aromatic N) is 1. The van der Waals surface area contributed by atoms with E-state index in [1.165, 1.54) is 32.7 Å². The van der Waals surface area contributed by atoms with Gasteiger partial charge in [0.05, 0.1) is 22.5 Å². The summed E-state index contributed by atoms with van der Waals surface area (Å²) < 4.78 is 0. The maximum atomic E-state index is 13.8. The smallest absolute Gasteiger partial charge is 0.238 e. The molecule has 1 aliphatic heterocycles. The summed E-state index contributed by atoms with van der Waals surface area (Å²) in [7, 11) is 0. The van der Waals surface area contributed by atoms with Crippen LogP contribution in [-0.4, -0.2) is 11.8 Å². The Bertz CT molecular complexity index is 1280. The van der Waals surface area contributed by atoms with E-state index in [9.17, 15) is 9.59 Å². The van der Waals surface area contributed by atoms with Crippen molar-refractivity contribution in [3.63, 3.8) is 0 Å². The molecule has 3 aromatic rings. The molecule has 3 aliphatic carbocycles. The molecule has 0 radical (unpaired) electrons. The van der Waals surface area contributed by atoms with Crippen molar-refractivity contribution in [2.45, 2.75) is 38.0 Å². The third kappa shape index (κ3) is 2.49. The first kappa shape index (κ1) is 19.8. The fourth-order valence-electron chi connectivity index (χ4n) is 6.16. The minimum atomic E-state index is -0.390. The van der Waals surface area contributed by atoms with E-state index in [0.717, 1.165) is 6.42 Å². The number of hydrogen-bond acceptors (Lipinski definition) is 2. The van der Waals surface area contributed by atoms with Crippen LogP contribution in [0.15, 0.2) is 66.7 Å². The molecule has 5 atom stereocenters. The molecule has 1 heterocycles. The predicted octanol–water partition coefficient (Wildman–Crippen LogP) is 6.25. The van der Waals surface area contributed by atoms with Gasteiger partial charge in [-0.3, -0.25) is 9.59 Å². The van der Waals surface area contributed by atoms with Crippen LogP contribution in [0.4, 0.5) is 5.69 Å². The molecule has 2 amide bonds. The molecular formula is C28H24ClNO2. The molecule has 0 spiro atoms. The van der Waals surface area contributed by atoms with Crippen molar-refractivity contribution < 1.29 is 9.59 Å². The maximum Gasteiger partial charge on any atom is 0.238 e. The van der Waals surface area contributed by atoms with Gasteiger partial charge in [-0.15, -0.1) is 0 Å².